The van der Waals surface area contributed by atoms with Gasteiger partial charge >= 0.3 is 0 Å². The van der Waals surface area contributed by atoms with Gasteiger partial charge in [0.15, 0.2) is 14.2 Å². The second-order valence-corrected chi connectivity index (χ2v) is 11.0. The first kappa shape index (κ1) is 17.7. The van der Waals surface area contributed by atoms with Crippen molar-refractivity contribution in [3.05, 3.63) is 24.3 Å². The molecule has 1 fully saturated rings. The lowest BCUT2D eigenvalue weighted by molar-refractivity contribution is -0.131. The van der Waals surface area contributed by atoms with Gasteiger partial charge in [0.25, 0.3) is 0 Å². The lowest BCUT2D eigenvalue weighted by Gasteiger charge is -2.38. The molecule has 0 atom stereocenters. The molecule has 0 spiro atoms. The summed E-state index contributed by atoms with van der Waals surface area (Å²) in [7, 11) is -3.08. The normalized spacial score (nSPS) is 15.9. The van der Waals surface area contributed by atoms with E-state index >= 15 is 0 Å². The summed E-state index contributed by atoms with van der Waals surface area (Å²) in [5, 5.41) is -0.392. The van der Waals surface area contributed by atoms with E-state index in [-0.39, 0.29) is 17.6 Å². The lowest BCUT2D eigenvalue weighted by Crippen LogP contribution is -2.58. The third kappa shape index (κ3) is 3.92. The molecule has 0 unspecified atom stereocenters. The second-order valence-electron chi connectivity index (χ2n) is 6.38. The number of thioether (sulfide) groups is 1. The standard InChI is InChI=1S/C16H20N2O3S3/c1-11(2)10-24(20,21)12-7-18(8-12)15(19)9-22-16-17-13-5-3-4-6-14(13)23-16/h3-6,11-12H,7-10H2,1-2H3. The largest absolute Gasteiger partial charge is 0.339 e. The molecule has 24 heavy (non-hydrogen) atoms. The van der Waals surface area contributed by atoms with Gasteiger partial charge < -0.3 is 4.90 Å². The average Bonchev–Trinajstić information content (AvgIpc) is 2.84. The highest BCUT2D eigenvalue weighted by molar-refractivity contribution is 8.01. The lowest BCUT2D eigenvalue weighted by atomic mass is 10.2. The van der Waals surface area contributed by atoms with Crippen LogP contribution in [-0.2, 0) is 14.6 Å². The second kappa shape index (κ2) is 7.01. The van der Waals surface area contributed by atoms with E-state index in [1.807, 2.05) is 38.1 Å². The van der Waals surface area contributed by atoms with Gasteiger partial charge in [-0.25, -0.2) is 13.4 Å². The molecule has 1 aromatic heterocycles. The van der Waals surface area contributed by atoms with Gasteiger partial charge in [-0.2, -0.15) is 0 Å². The molecule has 1 aliphatic heterocycles. The number of para-hydroxylation sites is 1. The Balaban J connectivity index is 1.50. The Morgan fingerprint density at radius 1 is 1.38 bits per heavy atom. The number of amides is 1. The fourth-order valence-electron chi connectivity index (χ4n) is 2.60. The molecule has 8 heteroatoms. The Morgan fingerprint density at radius 2 is 2.08 bits per heavy atom. The van der Waals surface area contributed by atoms with Crippen molar-refractivity contribution in [3.63, 3.8) is 0 Å². The van der Waals surface area contributed by atoms with Crippen LogP contribution in [0, 0.1) is 5.92 Å². The van der Waals surface area contributed by atoms with E-state index in [1.165, 1.54) is 11.8 Å². The van der Waals surface area contributed by atoms with E-state index < -0.39 is 15.1 Å². The Bertz CT molecular complexity index is 806. The SMILES string of the molecule is CC(C)CS(=O)(=O)C1CN(C(=O)CSc2nc3ccccc3s2)C1. The molecule has 130 valence electrons. The number of sulfone groups is 1. The van der Waals surface area contributed by atoms with Crippen molar-refractivity contribution in [3.8, 4) is 0 Å². The van der Waals surface area contributed by atoms with Crippen LogP contribution in [0.1, 0.15) is 13.8 Å². The summed E-state index contributed by atoms with van der Waals surface area (Å²) in [6.45, 7) is 4.45. The van der Waals surface area contributed by atoms with Gasteiger partial charge in [-0.1, -0.05) is 37.7 Å². The smallest absolute Gasteiger partial charge is 0.233 e. The highest BCUT2D eigenvalue weighted by Crippen LogP contribution is 2.30. The maximum atomic E-state index is 12.2. The number of thiazole rings is 1. The van der Waals surface area contributed by atoms with Crippen molar-refractivity contribution in [1.29, 1.82) is 0 Å². The molecule has 0 saturated carbocycles. The number of carbonyl (C=O) groups excluding carboxylic acids is 1. The molecule has 5 nitrogen and oxygen atoms in total. The number of fused-ring (bicyclic) bond motifs is 1. The molecule has 0 N–H and O–H groups in total. The molecule has 1 aliphatic rings. The summed E-state index contributed by atoms with van der Waals surface area (Å²) >= 11 is 2.99. The van der Waals surface area contributed by atoms with Crippen LogP contribution >= 0.6 is 23.1 Å². The molecule has 0 bridgehead atoms. The minimum absolute atomic E-state index is 0.0183. The molecule has 0 radical (unpaired) electrons. The van der Waals surface area contributed by atoms with E-state index in [0.717, 1.165) is 14.6 Å². The minimum Gasteiger partial charge on any atom is -0.339 e. The summed E-state index contributed by atoms with van der Waals surface area (Å²) < 4.78 is 26.2. The molecule has 3 rings (SSSR count). The average molecular weight is 385 g/mol. The maximum Gasteiger partial charge on any atom is 0.233 e. The topological polar surface area (TPSA) is 67.3 Å². The van der Waals surface area contributed by atoms with Crippen molar-refractivity contribution < 1.29 is 13.2 Å². The van der Waals surface area contributed by atoms with Gasteiger partial charge in [-0.3, -0.25) is 4.79 Å². The zero-order chi connectivity index (χ0) is 17.3. The molecule has 1 aromatic carbocycles. The van der Waals surface area contributed by atoms with Gasteiger partial charge in [0.1, 0.15) is 0 Å². The quantitative estimate of drug-likeness (QED) is 0.716. The Labute approximate surface area is 150 Å². The van der Waals surface area contributed by atoms with E-state index in [0.29, 0.717) is 18.8 Å². The van der Waals surface area contributed by atoms with Crippen molar-refractivity contribution in [1.82, 2.24) is 9.88 Å². The van der Waals surface area contributed by atoms with Gasteiger partial charge in [0.2, 0.25) is 5.91 Å². The van der Waals surface area contributed by atoms with Crippen LogP contribution in [-0.4, -0.2) is 54.1 Å². The molecule has 2 aromatic rings. The first-order valence-electron chi connectivity index (χ1n) is 7.83. The maximum absolute atomic E-state index is 12.2. The van der Waals surface area contributed by atoms with Crippen LogP contribution in [0.5, 0.6) is 0 Å². The zero-order valence-corrected chi connectivity index (χ0v) is 16.1. The van der Waals surface area contributed by atoms with Crippen molar-refractivity contribution in [2.24, 2.45) is 5.92 Å². The molecule has 2 heterocycles. The number of nitrogens with zero attached hydrogens (tertiary/aromatic N) is 2. The van der Waals surface area contributed by atoms with Gasteiger partial charge in [-0.15, -0.1) is 11.3 Å². The minimum atomic E-state index is -3.08. The van der Waals surface area contributed by atoms with Crippen LogP contribution in [0.15, 0.2) is 28.6 Å². The van der Waals surface area contributed by atoms with Crippen molar-refractivity contribution in [2.75, 3.05) is 24.6 Å². The van der Waals surface area contributed by atoms with Crippen LogP contribution in [0.2, 0.25) is 0 Å². The number of carbonyl (C=O) groups is 1. The van der Waals surface area contributed by atoms with E-state index in [1.54, 1.807) is 16.2 Å². The summed E-state index contributed by atoms with van der Waals surface area (Å²) in [6.07, 6.45) is 0. The highest BCUT2D eigenvalue weighted by atomic mass is 32.2. The Morgan fingerprint density at radius 3 is 2.75 bits per heavy atom. The van der Waals surface area contributed by atoms with E-state index in [9.17, 15) is 13.2 Å². The molecular formula is C16H20N2O3S3. The third-order valence-corrected chi connectivity index (χ3v) is 8.48. The van der Waals surface area contributed by atoms with Crippen LogP contribution in [0.25, 0.3) is 10.2 Å². The summed E-state index contributed by atoms with van der Waals surface area (Å²) in [6, 6.07) is 7.88. The molecule has 0 aliphatic carbocycles. The third-order valence-electron chi connectivity index (χ3n) is 3.87. The summed E-state index contributed by atoms with van der Waals surface area (Å²) in [5.74, 6) is 0.598. The number of hydrogen-bond acceptors (Lipinski definition) is 6. The van der Waals surface area contributed by atoms with Crippen molar-refractivity contribution >= 4 is 49.1 Å². The Kier molecular flexibility index (Phi) is 5.17. The first-order valence-corrected chi connectivity index (χ1v) is 11.3. The number of benzene rings is 1. The molecular weight excluding hydrogens is 364 g/mol. The van der Waals surface area contributed by atoms with Gasteiger partial charge in [-0.05, 0) is 18.1 Å². The molecule has 1 saturated heterocycles. The van der Waals surface area contributed by atoms with Crippen LogP contribution in [0.4, 0.5) is 0 Å². The van der Waals surface area contributed by atoms with E-state index in [4.69, 9.17) is 0 Å². The highest BCUT2D eigenvalue weighted by Gasteiger charge is 2.39. The predicted octanol–water partition coefficient (Wildman–Crippen LogP) is 2.67. The Hall–Kier alpha value is -1.12. The number of rotatable bonds is 6. The summed E-state index contributed by atoms with van der Waals surface area (Å²) in [4.78, 5) is 18.3. The first-order chi connectivity index (χ1) is 11.3. The monoisotopic (exact) mass is 384 g/mol. The van der Waals surface area contributed by atoms with Gasteiger partial charge in [0.05, 0.1) is 27.0 Å². The fraction of sp³-hybridized carbons (Fsp3) is 0.500. The fourth-order valence-corrected chi connectivity index (χ4v) is 6.58. The van der Waals surface area contributed by atoms with Crippen molar-refractivity contribution in [2.45, 2.75) is 23.4 Å². The molecule has 1 amide bonds. The van der Waals surface area contributed by atoms with E-state index in [2.05, 4.69) is 4.98 Å². The predicted molar refractivity (Wildman–Crippen MR) is 99.3 cm³/mol. The van der Waals surface area contributed by atoms with Crippen LogP contribution < -0.4 is 0 Å². The number of aromatic nitrogens is 1. The van der Waals surface area contributed by atoms with Gasteiger partial charge in [0, 0.05) is 13.1 Å². The number of hydrogen-bond donors (Lipinski definition) is 0. The zero-order valence-electron chi connectivity index (χ0n) is 13.6. The summed E-state index contributed by atoms with van der Waals surface area (Å²) in [5.41, 5.74) is 0.946. The van der Waals surface area contributed by atoms with Crippen LogP contribution in [0.3, 0.4) is 0 Å². The number of likely N-dealkylation sites (tertiary alicyclic amines) is 1.